The summed E-state index contributed by atoms with van der Waals surface area (Å²) in [5.74, 6) is 0.0189. The van der Waals surface area contributed by atoms with Crippen LogP contribution in [0.4, 0.5) is 0 Å². The third-order valence-corrected chi connectivity index (χ3v) is 3.16. The Morgan fingerprint density at radius 3 is 2.72 bits per heavy atom. The lowest BCUT2D eigenvalue weighted by Crippen LogP contribution is -2.38. The quantitative estimate of drug-likeness (QED) is 0.863. The van der Waals surface area contributed by atoms with Crippen LogP contribution in [0, 0.1) is 0 Å². The van der Waals surface area contributed by atoms with Gasteiger partial charge < -0.3 is 10.6 Å². The first-order valence-corrected chi connectivity index (χ1v) is 6.32. The van der Waals surface area contributed by atoms with Crippen molar-refractivity contribution in [2.24, 2.45) is 0 Å². The molecule has 96 valence electrons. The molecule has 1 aliphatic rings. The molecule has 2 amide bonds. The Morgan fingerprint density at radius 2 is 2.11 bits per heavy atom. The van der Waals surface area contributed by atoms with E-state index >= 15 is 0 Å². The molecular weight excluding hydrogens is 252 g/mol. The van der Waals surface area contributed by atoms with Crippen LogP contribution >= 0.6 is 11.6 Å². The first-order valence-electron chi connectivity index (χ1n) is 5.94. The molecule has 2 rings (SSSR count). The molecule has 1 aromatic carbocycles. The molecule has 0 saturated carbocycles. The summed E-state index contributed by atoms with van der Waals surface area (Å²) in [6.07, 6.45) is 1.68. The zero-order valence-electron chi connectivity index (χ0n) is 9.91. The van der Waals surface area contributed by atoms with Crippen LogP contribution in [-0.4, -0.2) is 24.4 Å². The topological polar surface area (TPSA) is 58.2 Å². The van der Waals surface area contributed by atoms with Crippen molar-refractivity contribution in [3.8, 4) is 0 Å². The van der Waals surface area contributed by atoms with E-state index in [0.29, 0.717) is 24.4 Å². The number of carbonyl (C=O) groups is 2. The molecule has 1 fully saturated rings. The average molecular weight is 267 g/mol. The second kappa shape index (κ2) is 5.87. The van der Waals surface area contributed by atoms with E-state index in [4.69, 9.17) is 11.6 Å². The minimum absolute atomic E-state index is 0.0431. The highest BCUT2D eigenvalue weighted by Crippen LogP contribution is 2.10. The van der Waals surface area contributed by atoms with Crippen molar-refractivity contribution < 1.29 is 9.59 Å². The van der Waals surface area contributed by atoms with Gasteiger partial charge in [0.05, 0.1) is 6.42 Å². The van der Waals surface area contributed by atoms with Crippen LogP contribution in [0.15, 0.2) is 24.3 Å². The van der Waals surface area contributed by atoms with E-state index in [9.17, 15) is 9.59 Å². The van der Waals surface area contributed by atoms with E-state index in [-0.39, 0.29) is 17.9 Å². The van der Waals surface area contributed by atoms with Gasteiger partial charge in [0.1, 0.15) is 0 Å². The maximum absolute atomic E-state index is 11.7. The van der Waals surface area contributed by atoms with Gasteiger partial charge in [-0.2, -0.15) is 0 Å². The standard InChI is InChI=1S/C13H15ClN2O2/c14-10-3-1-9(2-4-10)7-13(18)15-8-11-5-6-12(17)16-11/h1-4,11H,5-8H2,(H,15,18)(H,16,17). The molecule has 0 spiro atoms. The van der Waals surface area contributed by atoms with Crippen molar-refractivity contribution in [1.82, 2.24) is 10.6 Å². The first kappa shape index (κ1) is 12.9. The molecule has 18 heavy (non-hydrogen) atoms. The van der Waals surface area contributed by atoms with Gasteiger partial charge in [-0.3, -0.25) is 9.59 Å². The highest BCUT2D eigenvalue weighted by atomic mass is 35.5. The SMILES string of the molecule is O=C(Cc1ccc(Cl)cc1)NCC1CCC(=O)N1. The summed E-state index contributed by atoms with van der Waals surface area (Å²) in [5, 5.41) is 6.29. The van der Waals surface area contributed by atoms with Crippen LogP contribution in [0.1, 0.15) is 18.4 Å². The molecule has 0 radical (unpaired) electrons. The van der Waals surface area contributed by atoms with Gasteiger partial charge >= 0.3 is 0 Å². The zero-order valence-corrected chi connectivity index (χ0v) is 10.7. The normalized spacial score (nSPS) is 18.5. The van der Waals surface area contributed by atoms with Crippen LogP contribution in [0.5, 0.6) is 0 Å². The Bertz CT molecular complexity index is 445. The average Bonchev–Trinajstić information content (AvgIpc) is 2.76. The zero-order chi connectivity index (χ0) is 13.0. The molecular formula is C13H15ClN2O2. The van der Waals surface area contributed by atoms with Crippen LogP contribution in [0.3, 0.4) is 0 Å². The van der Waals surface area contributed by atoms with Gasteiger partial charge in [-0.1, -0.05) is 23.7 Å². The number of halogens is 1. The highest BCUT2D eigenvalue weighted by Gasteiger charge is 2.20. The molecule has 2 N–H and O–H groups in total. The van der Waals surface area contributed by atoms with E-state index in [1.807, 2.05) is 12.1 Å². The van der Waals surface area contributed by atoms with Crippen LogP contribution in [0.2, 0.25) is 5.02 Å². The lowest BCUT2D eigenvalue weighted by molar-refractivity contribution is -0.121. The maximum atomic E-state index is 11.7. The van der Waals surface area contributed by atoms with Gasteiger partial charge in [-0.15, -0.1) is 0 Å². The van der Waals surface area contributed by atoms with Gasteiger partial charge in [0, 0.05) is 24.0 Å². The lowest BCUT2D eigenvalue weighted by atomic mass is 10.1. The third-order valence-electron chi connectivity index (χ3n) is 2.91. The summed E-state index contributed by atoms with van der Waals surface area (Å²) in [7, 11) is 0. The van der Waals surface area contributed by atoms with Gasteiger partial charge in [-0.25, -0.2) is 0 Å². The molecule has 4 nitrogen and oxygen atoms in total. The third kappa shape index (κ3) is 3.74. The monoisotopic (exact) mass is 266 g/mol. The Labute approximate surface area is 111 Å². The molecule has 1 saturated heterocycles. The summed E-state index contributed by atoms with van der Waals surface area (Å²) in [6.45, 7) is 0.498. The smallest absolute Gasteiger partial charge is 0.224 e. The van der Waals surface area contributed by atoms with Crippen LogP contribution in [0.25, 0.3) is 0 Å². The molecule has 1 unspecified atom stereocenters. The summed E-state index contributed by atoms with van der Waals surface area (Å²) in [5.41, 5.74) is 0.923. The predicted octanol–water partition coefficient (Wildman–Crippen LogP) is 1.28. The second-order valence-electron chi connectivity index (χ2n) is 4.41. The predicted molar refractivity (Wildman–Crippen MR) is 69.3 cm³/mol. The number of nitrogens with one attached hydrogen (secondary N) is 2. The molecule has 0 bridgehead atoms. The Balaban J connectivity index is 1.75. The van der Waals surface area contributed by atoms with E-state index in [1.54, 1.807) is 12.1 Å². The van der Waals surface area contributed by atoms with Crippen molar-refractivity contribution in [1.29, 1.82) is 0 Å². The Hall–Kier alpha value is -1.55. The fourth-order valence-corrected chi connectivity index (χ4v) is 2.04. The molecule has 0 aromatic heterocycles. The van der Waals surface area contributed by atoms with Crippen molar-refractivity contribution in [2.75, 3.05) is 6.54 Å². The number of rotatable bonds is 4. The molecule has 1 atom stereocenters. The summed E-state index contributed by atoms with van der Waals surface area (Å²) >= 11 is 5.77. The van der Waals surface area contributed by atoms with Crippen LogP contribution < -0.4 is 10.6 Å². The van der Waals surface area contributed by atoms with E-state index in [0.717, 1.165) is 12.0 Å². The van der Waals surface area contributed by atoms with Gasteiger partial charge in [0.15, 0.2) is 0 Å². The molecule has 1 aromatic rings. The summed E-state index contributed by atoms with van der Waals surface area (Å²) < 4.78 is 0. The minimum Gasteiger partial charge on any atom is -0.354 e. The van der Waals surface area contributed by atoms with Crippen molar-refractivity contribution in [3.05, 3.63) is 34.9 Å². The first-order chi connectivity index (χ1) is 8.63. The summed E-state index contributed by atoms with van der Waals surface area (Å²) in [6, 6.07) is 7.27. The largest absolute Gasteiger partial charge is 0.354 e. The number of amides is 2. The number of hydrogen-bond acceptors (Lipinski definition) is 2. The second-order valence-corrected chi connectivity index (χ2v) is 4.85. The van der Waals surface area contributed by atoms with E-state index < -0.39 is 0 Å². The fourth-order valence-electron chi connectivity index (χ4n) is 1.92. The van der Waals surface area contributed by atoms with Crippen molar-refractivity contribution in [3.63, 3.8) is 0 Å². The number of carbonyl (C=O) groups excluding carboxylic acids is 2. The maximum Gasteiger partial charge on any atom is 0.224 e. The lowest BCUT2D eigenvalue weighted by Gasteiger charge is -2.11. The van der Waals surface area contributed by atoms with Gasteiger partial charge in [0.2, 0.25) is 11.8 Å². The molecule has 5 heteroatoms. The van der Waals surface area contributed by atoms with Gasteiger partial charge in [0.25, 0.3) is 0 Å². The van der Waals surface area contributed by atoms with E-state index in [1.165, 1.54) is 0 Å². The minimum atomic E-state index is -0.0431. The summed E-state index contributed by atoms with van der Waals surface area (Å²) in [4.78, 5) is 22.7. The van der Waals surface area contributed by atoms with Crippen LogP contribution in [-0.2, 0) is 16.0 Å². The van der Waals surface area contributed by atoms with Gasteiger partial charge in [-0.05, 0) is 24.1 Å². The fraction of sp³-hybridized carbons (Fsp3) is 0.385. The molecule has 1 heterocycles. The Morgan fingerprint density at radius 1 is 1.39 bits per heavy atom. The molecule has 1 aliphatic heterocycles. The van der Waals surface area contributed by atoms with Crippen molar-refractivity contribution >= 4 is 23.4 Å². The molecule has 0 aliphatic carbocycles. The Kier molecular flexibility index (Phi) is 4.20. The van der Waals surface area contributed by atoms with Crippen molar-refractivity contribution in [2.45, 2.75) is 25.3 Å². The highest BCUT2D eigenvalue weighted by molar-refractivity contribution is 6.30. The number of benzene rings is 1. The van der Waals surface area contributed by atoms with E-state index in [2.05, 4.69) is 10.6 Å². The number of hydrogen-bond donors (Lipinski definition) is 2.